The van der Waals surface area contributed by atoms with Gasteiger partial charge < -0.3 is 9.29 Å². The highest BCUT2D eigenvalue weighted by Gasteiger charge is 2.10. The second-order valence-corrected chi connectivity index (χ2v) is 8.22. The summed E-state index contributed by atoms with van der Waals surface area (Å²) in [4.78, 5) is -0.0851. The highest BCUT2D eigenvalue weighted by Crippen LogP contribution is 2.20. The molecule has 2 N–H and O–H groups in total. The summed E-state index contributed by atoms with van der Waals surface area (Å²) in [5, 5.41) is 0. The van der Waals surface area contributed by atoms with Crippen molar-refractivity contribution in [3.8, 4) is 5.88 Å². The average molecular weight is 415 g/mol. The number of nitrogens with zero attached hydrogens (tertiary/aromatic N) is 1. The minimum atomic E-state index is -4.33. The highest BCUT2D eigenvalue weighted by atomic mass is 32.2. The first kappa shape index (κ1) is 22.4. The van der Waals surface area contributed by atoms with Crippen LogP contribution in [0.1, 0.15) is 27.8 Å². The molecule has 0 fully saturated rings. The van der Waals surface area contributed by atoms with Crippen LogP contribution in [-0.4, -0.2) is 13.0 Å². The SMILES string of the molecule is Cc1cc(C)c(S(=O)(=O)[O-])c(C)c1.Cc1cc[n+](N)c(OCc2ccccc2)c1. The molecule has 0 saturated heterocycles. The van der Waals surface area contributed by atoms with Crippen LogP contribution in [0.25, 0.3) is 0 Å². The van der Waals surface area contributed by atoms with Gasteiger partial charge in [-0.1, -0.05) is 52.7 Å². The lowest BCUT2D eigenvalue weighted by Crippen LogP contribution is -2.45. The summed E-state index contributed by atoms with van der Waals surface area (Å²) in [6.07, 6.45) is 1.79. The predicted molar refractivity (Wildman–Crippen MR) is 111 cm³/mol. The van der Waals surface area contributed by atoms with Gasteiger partial charge in [-0.2, -0.15) is 0 Å². The van der Waals surface area contributed by atoms with Gasteiger partial charge in [-0.05, 0) is 49.9 Å². The summed E-state index contributed by atoms with van der Waals surface area (Å²) in [7, 11) is -4.33. The number of hydrogen-bond donors (Lipinski definition) is 1. The number of aromatic nitrogens is 1. The van der Waals surface area contributed by atoms with Gasteiger partial charge in [0.05, 0.1) is 11.0 Å². The molecule has 1 aromatic heterocycles. The average Bonchev–Trinajstić information content (AvgIpc) is 2.62. The van der Waals surface area contributed by atoms with Gasteiger partial charge >= 0.3 is 5.88 Å². The third-order valence-corrected chi connectivity index (χ3v) is 5.33. The lowest BCUT2D eigenvalue weighted by molar-refractivity contribution is -0.645. The molecule has 0 unspecified atom stereocenters. The molecule has 0 spiro atoms. The Labute approximate surface area is 172 Å². The number of nitrogens with two attached hydrogens (primary N) is 1. The third kappa shape index (κ3) is 6.58. The van der Waals surface area contributed by atoms with E-state index in [1.165, 1.54) is 4.68 Å². The molecule has 0 saturated carbocycles. The maximum absolute atomic E-state index is 10.8. The van der Waals surface area contributed by atoms with Crippen LogP contribution in [0.2, 0.25) is 0 Å². The molecule has 0 radical (unpaired) electrons. The van der Waals surface area contributed by atoms with E-state index in [1.807, 2.05) is 56.3 Å². The topological polar surface area (TPSA) is 96.3 Å². The van der Waals surface area contributed by atoms with Gasteiger partial charge in [-0.3, -0.25) is 0 Å². The van der Waals surface area contributed by atoms with E-state index in [0.717, 1.165) is 16.7 Å². The number of aryl methyl sites for hydroxylation is 4. The van der Waals surface area contributed by atoms with Gasteiger partial charge in [0.15, 0.2) is 0 Å². The van der Waals surface area contributed by atoms with Crippen LogP contribution >= 0.6 is 0 Å². The molecule has 7 heteroatoms. The van der Waals surface area contributed by atoms with Crippen LogP contribution in [0.5, 0.6) is 5.88 Å². The van der Waals surface area contributed by atoms with Crippen LogP contribution in [0.15, 0.2) is 65.7 Å². The quantitative estimate of drug-likeness (QED) is 0.402. The van der Waals surface area contributed by atoms with Crippen LogP contribution < -0.4 is 15.3 Å². The van der Waals surface area contributed by atoms with E-state index in [2.05, 4.69) is 0 Å². The normalized spacial score (nSPS) is 10.8. The zero-order chi connectivity index (χ0) is 21.6. The molecular formula is C22H26N2O4S. The summed E-state index contributed by atoms with van der Waals surface area (Å²) in [6.45, 7) is 7.66. The Kier molecular flexibility index (Phi) is 7.36. The number of rotatable bonds is 4. The van der Waals surface area contributed by atoms with Crippen molar-refractivity contribution in [2.75, 3.05) is 5.84 Å². The Morgan fingerprint density at radius 1 is 0.931 bits per heavy atom. The third-order valence-electron chi connectivity index (χ3n) is 4.19. The van der Waals surface area contributed by atoms with Gasteiger partial charge in [0.2, 0.25) is 6.20 Å². The largest absolute Gasteiger partial charge is 0.744 e. The zero-order valence-corrected chi connectivity index (χ0v) is 17.9. The van der Waals surface area contributed by atoms with Gasteiger partial charge in [0.25, 0.3) is 0 Å². The second kappa shape index (κ2) is 9.54. The van der Waals surface area contributed by atoms with E-state index in [0.29, 0.717) is 23.6 Å². The molecule has 0 aliphatic carbocycles. The summed E-state index contributed by atoms with van der Waals surface area (Å²) >= 11 is 0. The monoisotopic (exact) mass is 414 g/mol. The molecule has 0 aliphatic rings. The van der Waals surface area contributed by atoms with Gasteiger partial charge in [0.1, 0.15) is 16.7 Å². The van der Waals surface area contributed by atoms with Gasteiger partial charge in [-0.15, -0.1) is 0 Å². The first-order chi connectivity index (χ1) is 13.6. The van der Waals surface area contributed by atoms with Crippen LogP contribution in [-0.2, 0) is 16.7 Å². The van der Waals surface area contributed by atoms with E-state index < -0.39 is 10.1 Å². The Bertz CT molecular complexity index is 1060. The molecule has 0 atom stereocenters. The Morgan fingerprint density at radius 2 is 1.52 bits per heavy atom. The molecule has 3 aromatic rings. The summed E-state index contributed by atoms with van der Waals surface area (Å²) < 4.78 is 39.6. The van der Waals surface area contributed by atoms with Crippen molar-refractivity contribution in [2.24, 2.45) is 0 Å². The fourth-order valence-electron chi connectivity index (χ4n) is 3.00. The molecule has 2 aromatic carbocycles. The van der Waals surface area contributed by atoms with Crippen LogP contribution in [0, 0.1) is 27.7 Å². The molecule has 29 heavy (non-hydrogen) atoms. The van der Waals surface area contributed by atoms with E-state index in [-0.39, 0.29) is 4.90 Å². The number of nitrogen functional groups attached to an aromatic ring is 1. The van der Waals surface area contributed by atoms with Crippen molar-refractivity contribution < 1.29 is 22.4 Å². The number of benzene rings is 2. The standard InChI is InChI=1S/C13H15N2O.C9H12O3S/c1-11-7-8-15(14)13(9-11)16-10-12-5-3-2-4-6-12;1-6-4-7(2)9(8(3)5-6)13(10,11)12/h2-9H,10,14H2,1H3;4-5H,1-3H3,(H,10,11,12)/q+1;/p-1. The van der Waals surface area contributed by atoms with Gasteiger partial charge in [-0.25, -0.2) is 14.3 Å². The maximum atomic E-state index is 10.8. The molecule has 0 amide bonds. The number of hydrogen-bond acceptors (Lipinski definition) is 5. The Balaban J connectivity index is 0.000000212. The molecule has 154 valence electrons. The van der Waals surface area contributed by atoms with Crippen LogP contribution in [0.3, 0.4) is 0 Å². The van der Waals surface area contributed by atoms with E-state index >= 15 is 0 Å². The Morgan fingerprint density at radius 3 is 2.07 bits per heavy atom. The van der Waals surface area contributed by atoms with Crippen molar-refractivity contribution in [2.45, 2.75) is 39.2 Å². The van der Waals surface area contributed by atoms with Crippen molar-refractivity contribution >= 4 is 10.1 Å². The van der Waals surface area contributed by atoms with Crippen molar-refractivity contribution in [1.29, 1.82) is 0 Å². The van der Waals surface area contributed by atoms with Crippen LogP contribution in [0.4, 0.5) is 0 Å². The van der Waals surface area contributed by atoms with Gasteiger partial charge in [0, 0.05) is 6.07 Å². The lowest BCUT2D eigenvalue weighted by atomic mass is 10.1. The number of pyridine rings is 1. The highest BCUT2D eigenvalue weighted by molar-refractivity contribution is 7.85. The number of ether oxygens (including phenoxy) is 1. The maximum Gasteiger partial charge on any atom is 0.397 e. The molecule has 1 heterocycles. The van der Waals surface area contributed by atoms with E-state index in [1.54, 1.807) is 32.2 Å². The summed E-state index contributed by atoms with van der Waals surface area (Å²) in [6, 6.07) is 17.3. The first-order valence-corrected chi connectivity index (χ1v) is 10.5. The summed E-state index contributed by atoms with van der Waals surface area (Å²) in [5.74, 6) is 6.42. The second-order valence-electron chi connectivity index (χ2n) is 6.91. The van der Waals surface area contributed by atoms with E-state index in [4.69, 9.17) is 10.6 Å². The molecule has 6 nitrogen and oxygen atoms in total. The fraction of sp³-hybridized carbons (Fsp3) is 0.227. The smallest absolute Gasteiger partial charge is 0.397 e. The van der Waals surface area contributed by atoms with E-state index in [9.17, 15) is 13.0 Å². The molecule has 0 bridgehead atoms. The summed E-state index contributed by atoms with van der Waals surface area (Å²) in [5.41, 5.74) is 4.26. The fourth-order valence-corrected chi connectivity index (χ4v) is 3.90. The van der Waals surface area contributed by atoms with Crippen molar-refractivity contribution in [3.63, 3.8) is 0 Å². The van der Waals surface area contributed by atoms with Crippen molar-refractivity contribution in [1.82, 2.24) is 0 Å². The lowest BCUT2D eigenvalue weighted by Gasteiger charge is -2.14. The zero-order valence-electron chi connectivity index (χ0n) is 17.0. The minimum Gasteiger partial charge on any atom is -0.744 e. The molecular weight excluding hydrogens is 388 g/mol. The minimum absolute atomic E-state index is 0.0851. The predicted octanol–water partition coefficient (Wildman–Crippen LogP) is 3.09. The molecule has 3 rings (SSSR count). The Hall–Kier alpha value is -2.90. The first-order valence-electron chi connectivity index (χ1n) is 9.06. The molecule has 0 aliphatic heterocycles. The van der Waals surface area contributed by atoms with Crippen molar-refractivity contribution in [3.05, 3.63) is 88.6 Å².